The van der Waals surface area contributed by atoms with E-state index >= 15 is 0 Å². The minimum Gasteiger partial charge on any atom is -0.378 e. The van der Waals surface area contributed by atoms with Crippen LogP contribution in [0.1, 0.15) is 51.5 Å². The number of nitrogens with one attached hydrogen (secondary N) is 1. The summed E-state index contributed by atoms with van der Waals surface area (Å²) in [5.41, 5.74) is 6.65. The lowest BCUT2D eigenvalue weighted by Crippen LogP contribution is -2.76. The van der Waals surface area contributed by atoms with Crippen molar-refractivity contribution in [1.82, 2.24) is 5.32 Å². The Bertz CT molecular complexity index is 566. The Morgan fingerprint density at radius 1 is 1.30 bits per heavy atom. The molecule has 0 radical (unpaired) electrons. The van der Waals surface area contributed by atoms with Gasteiger partial charge in [-0.15, -0.1) is 0 Å². The maximum atomic E-state index is 12.7. The van der Waals surface area contributed by atoms with Gasteiger partial charge < -0.3 is 15.8 Å². The first kappa shape index (κ1) is 16.5. The predicted octanol–water partition coefficient (Wildman–Crippen LogP) is 2.58. The summed E-state index contributed by atoms with van der Waals surface area (Å²) in [6, 6.07) is 10.7. The van der Waals surface area contributed by atoms with Crippen molar-refractivity contribution in [2.45, 2.75) is 63.6 Å². The van der Waals surface area contributed by atoms with Crippen LogP contribution >= 0.6 is 0 Å². The second kappa shape index (κ2) is 5.91. The summed E-state index contributed by atoms with van der Waals surface area (Å²) < 4.78 is 5.70. The molecule has 1 amide bonds. The molecule has 2 fully saturated rings. The average Bonchev–Trinajstić information content (AvgIpc) is 2.50. The lowest BCUT2D eigenvalue weighted by atomic mass is 9.54. The Kier molecular flexibility index (Phi) is 4.23. The number of carbonyl (C=O) groups is 1. The van der Waals surface area contributed by atoms with Gasteiger partial charge in [-0.2, -0.15) is 0 Å². The number of hydrogen-bond donors (Lipinski definition) is 2. The van der Waals surface area contributed by atoms with Crippen LogP contribution in [0.4, 0.5) is 0 Å². The normalized spacial score (nSPS) is 35.0. The molecule has 3 N–H and O–H groups in total. The van der Waals surface area contributed by atoms with E-state index in [1.165, 1.54) is 5.56 Å². The summed E-state index contributed by atoms with van der Waals surface area (Å²) in [4.78, 5) is 12.7. The fraction of sp³-hybridized carbons (Fsp3) is 0.632. The summed E-state index contributed by atoms with van der Waals surface area (Å²) in [5.74, 6) is 0.538. The molecule has 0 aliphatic heterocycles. The van der Waals surface area contributed by atoms with E-state index in [4.69, 9.17) is 10.5 Å². The number of carbonyl (C=O) groups excluding carboxylic acids is 1. The minimum atomic E-state index is -0.815. The summed E-state index contributed by atoms with van der Waals surface area (Å²) in [6.45, 7) is 6.70. The Morgan fingerprint density at radius 3 is 2.52 bits per heavy atom. The molecular formula is C19H28N2O2. The highest BCUT2D eigenvalue weighted by Crippen LogP contribution is 2.50. The van der Waals surface area contributed by atoms with E-state index in [0.717, 1.165) is 12.8 Å². The third kappa shape index (κ3) is 2.68. The Balaban J connectivity index is 1.53. The number of rotatable bonds is 5. The van der Waals surface area contributed by atoms with Crippen LogP contribution in [0, 0.1) is 5.41 Å². The van der Waals surface area contributed by atoms with E-state index in [2.05, 4.69) is 29.6 Å². The molecule has 1 aromatic rings. The van der Waals surface area contributed by atoms with Gasteiger partial charge in [0.1, 0.15) is 5.54 Å². The standard InChI is InChI=1S/C19H28N2O2/c1-4-23-16-12-19(20,18(16,2)3)17(22)21-15-10-14(11-15)13-8-6-5-7-9-13/h5-9,14-16H,4,10-12,20H2,1-3H3,(H,21,22). The number of nitrogens with two attached hydrogens (primary N) is 1. The summed E-state index contributed by atoms with van der Waals surface area (Å²) in [7, 11) is 0. The highest BCUT2D eigenvalue weighted by molar-refractivity contribution is 5.89. The maximum absolute atomic E-state index is 12.7. The first-order valence-corrected chi connectivity index (χ1v) is 8.65. The molecule has 2 saturated carbocycles. The van der Waals surface area contributed by atoms with Crippen molar-refractivity contribution in [1.29, 1.82) is 0 Å². The van der Waals surface area contributed by atoms with Crippen LogP contribution in [0.25, 0.3) is 0 Å². The molecule has 2 unspecified atom stereocenters. The van der Waals surface area contributed by atoms with Gasteiger partial charge in [-0.25, -0.2) is 0 Å². The zero-order chi connectivity index (χ0) is 16.7. The molecular weight excluding hydrogens is 288 g/mol. The van der Waals surface area contributed by atoms with Gasteiger partial charge in [0.25, 0.3) is 0 Å². The van der Waals surface area contributed by atoms with Gasteiger partial charge in [0, 0.05) is 24.5 Å². The van der Waals surface area contributed by atoms with Crippen LogP contribution in [0.2, 0.25) is 0 Å². The van der Waals surface area contributed by atoms with Gasteiger partial charge in [0.05, 0.1) is 6.10 Å². The van der Waals surface area contributed by atoms with Crippen molar-refractivity contribution < 1.29 is 9.53 Å². The highest BCUT2D eigenvalue weighted by atomic mass is 16.5. The van der Waals surface area contributed by atoms with Gasteiger partial charge >= 0.3 is 0 Å². The van der Waals surface area contributed by atoms with Crippen molar-refractivity contribution in [2.75, 3.05) is 6.61 Å². The predicted molar refractivity (Wildman–Crippen MR) is 91.1 cm³/mol. The van der Waals surface area contributed by atoms with Crippen LogP contribution in [0.5, 0.6) is 0 Å². The molecule has 0 saturated heterocycles. The maximum Gasteiger partial charge on any atom is 0.241 e. The van der Waals surface area contributed by atoms with Crippen molar-refractivity contribution in [3.05, 3.63) is 35.9 Å². The Hall–Kier alpha value is -1.39. The number of amides is 1. The van der Waals surface area contributed by atoms with Gasteiger partial charge in [-0.05, 0) is 31.2 Å². The molecule has 23 heavy (non-hydrogen) atoms. The van der Waals surface area contributed by atoms with E-state index < -0.39 is 5.54 Å². The SMILES string of the molecule is CCOC1CC(N)(C(=O)NC2CC(c3ccccc3)C2)C1(C)C. The first-order chi connectivity index (χ1) is 10.9. The second-order valence-corrected chi connectivity index (χ2v) is 7.59. The van der Waals surface area contributed by atoms with Gasteiger partial charge in [-0.1, -0.05) is 44.2 Å². The lowest BCUT2D eigenvalue weighted by Gasteiger charge is -2.58. The molecule has 2 aliphatic rings. The molecule has 0 heterocycles. The largest absolute Gasteiger partial charge is 0.378 e. The monoisotopic (exact) mass is 316 g/mol. The fourth-order valence-electron chi connectivity index (χ4n) is 3.87. The Morgan fingerprint density at radius 2 is 1.96 bits per heavy atom. The minimum absolute atomic E-state index is 0.0186. The van der Waals surface area contributed by atoms with Crippen molar-refractivity contribution in [3.8, 4) is 0 Å². The van der Waals surface area contributed by atoms with Crippen molar-refractivity contribution >= 4 is 5.91 Å². The van der Waals surface area contributed by atoms with Crippen LogP contribution in [-0.2, 0) is 9.53 Å². The van der Waals surface area contributed by atoms with E-state index in [9.17, 15) is 4.79 Å². The zero-order valence-corrected chi connectivity index (χ0v) is 14.3. The smallest absolute Gasteiger partial charge is 0.241 e. The third-order valence-corrected chi connectivity index (χ3v) is 5.98. The summed E-state index contributed by atoms with van der Waals surface area (Å²) >= 11 is 0. The van der Waals surface area contributed by atoms with Crippen molar-refractivity contribution in [3.63, 3.8) is 0 Å². The molecule has 3 rings (SSSR count). The molecule has 1 aromatic carbocycles. The number of hydrogen-bond acceptors (Lipinski definition) is 3. The van der Waals surface area contributed by atoms with E-state index in [-0.39, 0.29) is 23.5 Å². The van der Waals surface area contributed by atoms with E-state index in [1.54, 1.807) is 0 Å². The molecule has 0 spiro atoms. The third-order valence-electron chi connectivity index (χ3n) is 5.98. The molecule has 2 atom stereocenters. The molecule has 0 aromatic heterocycles. The van der Waals surface area contributed by atoms with Gasteiger partial charge in [0.15, 0.2) is 0 Å². The molecule has 126 valence electrons. The average molecular weight is 316 g/mol. The summed E-state index contributed by atoms with van der Waals surface area (Å²) in [6.07, 6.45) is 2.68. The number of ether oxygens (including phenoxy) is 1. The van der Waals surface area contributed by atoms with E-state index in [0.29, 0.717) is 18.9 Å². The lowest BCUT2D eigenvalue weighted by molar-refractivity contribution is -0.171. The van der Waals surface area contributed by atoms with Crippen LogP contribution in [0.15, 0.2) is 30.3 Å². The molecule has 4 heteroatoms. The van der Waals surface area contributed by atoms with Crippen LogP contribution in [-0.4, -0.2) is 30.2 Å². The Labute approximate surface area is 138 Å². The molecule has 2 aliphatic carbocycles. The fourth-order valence-corrected chi connectivity index (χ4v) is 3.87. The second-order valence-electron chi connectivity index (χ2n) is 7.59. The molecule has 0 bridgehead atoms. The summed E-state index contributed by atoms with van der Waals surface area (Å²) in [5, 5.41) is 3.16. The van der Waals surface area contributed by atoms with Crippen LogP contribution < -0.4 is 11.1 Å². The highest BCUT2D eigenvalue weighted by Gasteiger charge is 2.63. The van der Waals surface area contributed by atoms with Crippen molar-refractivity contribution in [2.24, 2.45) is 11.1 Å². The quantitative estimate of drug-likeness (QED) is 0.877. The zero-order valence-electron chi connectivity index (χ0n) is 14.3. The van der Waals surface area contributed by atoms with Gasteiger partial charge in [0.2, 0.25) is 5.91 Å². The first-order valence-electron chi connectivity index (χ1n) is 8.65. The molecule has 4 nitrogen and oxygen atoms in total. The van der Waals surface area contributed by atoms with E-state index in [1.807, 2.05) is 26.8 Å². The van der Waals surface area contributed by atoms with Gasteiger partial charge in [-0.3, -0.25) is 4.79 Å². The van der Waals surface area contributed by atoms with Crippen LogP contribution in [0.3, 0.4) is 0 Å². The topological polar surface area (TPSA) is 64.3 Å². The number of benzene rings is 1.